The van der Waals surface area contributed by atoms with E-state index in [1.165, 1.54) is 25.7 Å². The molecule has 1 aliphatic heterocycles. The third-order valence-electron chi connectivity index (χ3n) is 5.17. The SMILES string of the molecule is O=C(CCC(=O)N1CC[NH+](C2CCCC2)CC1)Nc1nnc(C(F)(F)F)s1. The van der Waals surface area contributed by atoms with E-state index in [0.717, 1.165) is 19.1 Å². The fourth-order valence-corrected chi connectivity index (χ4v) is 4.36. The number of nitrogens with zero attached hydrogens (tertiary/aromatic N) is 3. The number of halogens is 3. The summed E-state index contributed by atoms with van der Waals surface area (Å²) in [6.07, 6.45) is 0.496. The number of nitrogens with one attached hydrogen (secondary N) is 2. The van der Waals surface area contributed by atoms with Gasteiger partial charge in [0.25, 0.3) is 0 Å². The molecular formula is C16H23F3N5O2S+. The lowest BCUT2D eigenvalue weighted by Gasteiger charge is -2.35. The van der Waals surface area contributed by atoms with Crippen LogP contribution in [0.3, 0.4) is 0 Å². The molecule has 3 rings (SSSR count). The lowest BCUT2D eigenvalue weighted by Crippen LogP contribution is -3.18. The van der Waals surface area contributed by atoms with Gasteiger partial charge in [0.15, 0.2) is 0 Å². The van der Waals surface area contributed by atoms with Crippen molar-refractivity contribution < 1.29 is 27.7 Å². The smallest absolute Gasteiger partial charge is 0.331 e. The van der Waals surface area contributed by atoms with Crippen molar-refractivity contribution in [2.45, 2.75) is 50.7 Å². The average Bonchev–Trinajstić information content (AvgIpc) is 3.31. The Morgan fingerprint density at radius 2 is 1.81 bits per heavy atom. The van der Waals surface area contributed by atoms with Gasteiger partial charge in [-0.3, -0.25) is 9.59 Å². The van der Waals surface area contributed by atoms with E-state index < -0.39 is 17.1 Å². The topological polar surface area (TPSA) is 79.6 Å². The van der Waals surface area contributed by atoms with E-state index in [9.17, 15) is 22.8 Å². The van der Waals surface area contributed by atoms with E-state index in [0.29, 0.717) is 13.1 Å². The van der Waals surface area contributed by atoms with Gasteiger partial charge in [-0.1, -0.05) is 11.3 Å². The predicted molar refractivity (Wildman–Crippen MR) is 92.3 cm³/mol. The third-order valence-corrected chi connectivity index (χ3v) is 6.05. The predicted octanol–water partition coefficient (Wildman–Crippen LogP) is 0.945. The Balaban J connectivity index is 1.38. The van der Waals surface area contributed by atoms with Crippen molar-refractivity contribution in [2.75, 3.05) is 31.5 Å². The van der Waals surface area contributed by atoms with Crippen LogP contribution in [0.25, 0.3) is 0 Å². The Kier molecular flexibility index (Phi) is 6.30. The van der Waals surface area contributed by atoms with Gasteiger partial charge in [0.2, 0.25) is 22.0 Å². The van der Waals surface area contributed by atoms with Gasteiger partial charge in [0, 0.05) is 12.8 Å². The van der Waals surface area contributed by atoms with Crippen LogP contribution in [0, 0.1) is 0 Å². The molecule has 2 amide bonds. The molecule has 11 heteroatoms. The average molecular weight is 406 g/mol. The molecule has 2 heterocycles. The highest BCUT2D eigenvalue weighted by Crippen LogP contribution is 2.33. The van der Waals surface area contributed by atoms with Gasteiger partial charge in [-0.25, -0.2) is 0 Å². The number of hydrogen-bond donors (Lipinski definition) is 2. The maximum Gasteiger partial charge on any atom is 0.445 e. The van der Waals surface area contributed by atoms with Crippen LogP contribution in [0.15, 0.2) is 0 Å². The molecule has 1 aromatic heterocycles. The second kappa shape index (κ2) is 8.51. The number of rotatable bonds is 5. The Morgan fingerprint density at radius 1 is 1.15 bits per heavy atom. The van der Waals surface area contributed by atoms with Crippen LogP contribution in [0.1, 0.15) is 43.5 Å². The van der Waals surface area contributed by atoms with E-state index in [2.05, 4.69) is 15.5 Å². The number of quaternary nitrogens is 1. The molecule has 7 nitrogen and oxygen atoms in total. The molecule has 2 aliphatic rings. The highest BCUT2D eigenvalue weighted by atomic mass is 32.1. The van der Waals surface area contributed by atoms with Crippen molar-refractivity contribution in [3.8, 4) is 0 Å². The van der Waals surface area contributed by atoms with Crippen molar-refractivity contribution in [3.05, 3.63) is 5.01 Å². The summed E-state index contributed by atoms with van der Waals surface area (Å²) in [5.74, 6) is -0.632. The minimum Gasteiger partial charge on any atom is -0.331 e. The standard InChI is InChI=1S/C16H22F3N5O2S/c17-16(18,19)14-21-22-15(27-14)20-12(25)5-6-13(26)24-9-7-23(8-10-24)11-3-1-2-4-11/h11H,1-10H2,(H,20,22,25)/p+1. The van der Waals surface area contributed by atoms with E-state index in [-0.39, 0.29) is 35.2 Å². The van der Waals surface area contributed by atoms with Crippen LogP contribution >= 0.6 is 11.3 Å². The molecule has 0 spiro atoms. The van der Waals surface area contributed by atoms with E-state index in [1.54, 1.807) is 9.80 Å². The second-order valence-electron chi connectivity index (χ2n) is 6.98. The lowest BCUT2D eigenvalue weighted by atomic mass is 10.1. The molecular weight excluding hydrogens is 383 g/mol. The van der Waals surface area contributed by atoms with Crippen molar-refractivity contribution in [2.24, 2.45) is 0 Å². The third kappa shape index (κ3) is 5.38. The molecule has 1 saturated heterocycles. The zero-order chi connectivity index (χ0) is 19.4. The highest BCUT2D eigenvalue weighted by molar-refractivity contribution is 7.15. The van der Waals surface area contributed by atoms with Gasteiger partial charge in [-0.2, -0.15) is 13.2 Å². The second-order valence-corrected chi connectivity index (χ2v) is 7.96. The number of piperazine rings is 1. The molecule has 0 bridgehead atoms. The van der Waals surface area contributed by atoms with Crippen molar-refractivity contribution in [1.29, 1.82) is 0 Å². The normalized spacial score (nSPS) is 19.4. The molecule has 1 aliphatic carbocycles. The van der Waals surface area contributed by atoms with Crippen LogP contribution in [0.4, 0.5) is 18.3 Å². The summed E-state index contributed by atoms with van der Waals surface area (Å²) in [5, 5.41) is 7.24. The number of alkyl halides is 3. The molecule has 0 atom stereocenters. The van der Waals surface area contributed by atoms with Crippen molar-refractivity contribution in [1.82, 2.24) is 15.1 Å². The van der Waals surface area contributed by atoms with Gasteiger partial charge < -0.3 is 15.1 Å². The van der Waals surface area contributed by atoms with Gasteiger partial charge in [-0.15, -0.1) is 10.2 Å². The molecule has 1 aromatic rings. The quantitative estimate of drug-likeness (QED) is 0.763. The molecule has 27 heavy (non-hydrogen) atoms. The minimum atomic E-state index is -4.58. The van der Waals surface area contributed by atoms with E-state index >= 15 is 0 Å². The fraction of sp³-hybridized carbons (Fsp3) is 0.750. The zero-order valence-corrected chi connectivity index (χ0v) is 15.7. The summed E-state index contributed by atoms with van der Waals surface area (Å²) in [7, 11) is 0. The lowest BCUT2D eigenvalue weighted by molar-refractivity contribution is -0.928. The van der Waals surface area contributed by atoms with Crippen LogP contribution in [0.2, 0.25) is 0 Å². The minimum absolute atomic E-state index is 0.0372. The summed E-state index contributed by atoms with van der Waals surface area (Å²) in [6.45, 7) is 3.26. The van der Waals surface area contributed by atoms with Crippen LogP contribution < -0.4 is 10.2 Å². The van der Waals surface area contributed by atoms with Gasteiger partial charge >= 0.3 is 6.18 Å². The fourth-order valence-electron chi connectivity index (χ4n) is 3.73. The first kappa shape index (κ1) is 20.0. The molecule has 0 unspecified atom stereocenters. The Hall–Kier alpha value is -1.75. The summed E-state index contributed by atoms with van der Waals surface area (Å²) in [6, 6.07) is 0.724. The summed E-state index contributed by atoms with van der Waals surface area (Å²) in [4.78, 5) is 27.5. The first-order valence-corrected chi connectivity index (χ1v) is 9.97. The van der Waals surface area contributed by atoms with Gasteiger partial charge in [0.05, 0.1) is 32.2 Å². The Bertz CT molecular complexity index is 667. The van der Waals surface area contributed by atoms with E-state index in [1.807, 2.05) is 0 Å². The monoisotopic (exact) mass is 406 g/mol. The molecule has 2 N–H and O–H groups in total. The van der Waals surface area contributed by atoms with Gasteiger partial charge in [-0.05, 0) is 25.7 Å². The Labute approximate surface area is 158 Å². The number of amides is 2. The maximum atomic E-state index is 12.5. The van der Waals surface area contributed by atoms with Crippen LogP contribution in [0.5, 0.6) is 0 Å². The zero-order valence-electron chi connectivity index (χ0n) is 14.8. The molecule has 1 saturated carbocycles. The van der Waals surface area contributed by atoms with Crippen LogP contribution in [-0.4, -0.2) is 59.1 Å². The number of anilines is 1. The van der Waals surface area contributed by atoms with E-state index in [4.69, 9.17) is 0 Å². The number of carbonyl (C=O) groups excluding carboxylic acids is 2. The Morgan fingerprint density at radius 3 is 2.41 bits per heavy atom. The van der Waals surface area contributed by atoms with Gasteiger partial charge in [0.1, 0.15) is 0 Å². The van der Waals surface area contributed by atoms with Crippen molar-refractivity contribution >= 4 is 28.3 Å². The molecule has 0 aromatic carbocycles. The first-order valence-electron chi connectivity index (χ1n) is 9.16. The first-order chi connectivity index (χ1) is 12.8. The molecule has 2 fully saturated rings. The summed E-state index contributed by atoms with van der Waals surface area (Å²) >= 11 is 0.265. The largest absolute Gasteiger partial charge is 0.445 e. The maximum absolute atomic E-state index is 12.5. The van der Waals surface area contributed by atoms with Crippen LogP contribution in [-0.2, 0) is 15.8 Å². The summed E-state index contributed by atoms with van der Waals surface area (Å²) in [5.41, 5.74) is 0. The molecule has 150 valence electrons. The van der Waals surface area contributed by atoms with Crippen molar-refractivity contribution in [3.63, 3.8) is 0 Å². The summed E-state index contributed by atoms with van der Waals surface area (Å²) < 4.78 is 37.4. The highest BCUT2D eigenvalue weighted by Gasteiger charge is 2.36. The molecule has 0 radical (unpaired) electrons. The number of hydrogen-bond acceptors (Lipinski definition) is 5. The number of aromatic nitrogens is 2. The number of carbonyl (C=O) groups is 2.